The first-order chi connectivity index (χ1) is 12.6. The number of nitrogens with one attached hydrogen (secondary N) is 1. The van der Waals surface area contributed by atoms with Crippen molar-refractivity contribution < 1.29 is 4.79 Å². The number of fused-ring (bicyclic) bond motifs is 1. The van der Waals surface area contributed by atoms with E-state index in [9.17, 15) is 4.79 Å². The maximum atomic E-state index is 12.5. The zero-order valence-electron chi connectivity index (χ0n) is 16.3. The SMILES string of the molecule is CNCCC1CCN(C(=O)CCSc2ncnc3sc(C)c(C)c23)CC1.Cl. The fraction of sp³-hybridized carbons (Fsp3) is 0.632. The van der Waals surface area contributed by atoms with Crippen LogP contribution in [0.25, 0.3) is 10.2 Å². The Kier molecular flexibility index (Phi) is 8.79. The van der Waals surface area contributed by atoms with E-state index in [2.05, 4.69) is 29.1 Å². The minimum atomic E-state index is 0. The Bertz CT molecular complexity index is 759. The van der Waals surface area contributed by atoms with E-state index in [0.717, 1.165) is 59.4 Å². The van der Waals surface area contributed by atoms with Crippen molar-refractivity contribution >= 4 is 51.6 Å². The molecule has 1 saturated heterocycles. The summed E-state index contributed by atoms with van der Waals surface area (Å²) in [5, 5.41) is 5.39. The average molecular weight is 429 g/mol. The highest BCUT2D eigenvalue weighted by molar-refractivity contribution is 7.99. The van der Waals surface area contributed by atoms with Crippen LogP contribution < -0.4 is 5.32 Å². The van der Waals surface area contributed by atoms with Gasteiger partial charge in [-0.25, -0.2) is 9.97 Å². The molecule has 1 aliphatic heterocycles. The van der Waals surface area contributed by atoms with Crippen LogP contribution in [0, 0.1) is 19.8 Å². The molecule has 150 valence electrons. The number of piperidine rings is 1. The van der Waals surface area contributed by atoms with Gasteiger partial charge in [0.2, 0.25) is 5.91 Å². The second-order valence-electron chi connectivity index (χ2n) is 6.96. The molecular weight excluding hydrogens is 400 g/mol. The number of hydrogen-bond donors (Lipinski definition) is 1. The maximum Gasteiger partial charge on any atom is 0.223 e. The molecule has 5 nitrogen and oxygen atoms in total. The van der Waals surface area contributed by atoms with Crippen molar-refractivity contribution in [2.24, 2.45) is 5.92 Å². The van der Waals surface area contributed by atoms with Gasteiger partial charge in [0, 0.05) is 35.5 Å². The summed E-state index contributed by atoms with van der Waals surface area (Å²) in [7, 11) is 2.00. The Morgan fingerprint density at radius 1 is 1.33 bits per heavy atom. The summed E-state index contributed by atoms with van der Waals surface area (Å²) >= 11 is 3.40. The molecule has 0 saturated carbocycles. The highest BCUT2D eigenvalue weighted by Gasteiger charge is 2.22. The number of hydrogen-bond acceptors (Lipinski definition) is 6. The van der Waals surface area contributed by atoms with Gasteiger partial charge in [-0.15, -0.1) is 35.5 Å². The minimum Gasteiger partial charge on any atom is -0.343 e. The Balaban J connectivity index is 0.00000261. The van der Waals surface area contributed by atoms with E-state index in [0.29, 0.717) is 6.42 Å². The normalized spacial score (nSPS) is 15.1. The zero-order chi connectivity index (χ0) is 18.5. The topological polar surface area (TPSA) is 58.1 Å². The molecule has 2 aromatic rings. The molecule has 27 heavy (non-hydrogen) atoms. The van der Waals surface area contributed by atoms with Crippen LogP contribution in [0.15, 0.2) is 11.4 Å². The van der Waals surface area contributed by atoms with Gasteiger partial charge in [0.25, 0.3) is 0 Å². The van der Waals surface area contributed by atoms with Gasteiger partial charge in [0.05, 0.1) is 0 Å². The van der Waals surface area contributed by atoms with E-state index in [1.807, 2.05) is 11.9 Å². The number of aromatic nitrogens is 2. The fourth-order valence-electron chi connectivity index (χ4n) is 3.47. The Hall–Kier alpha value is -0.890. The number of thiophene rings is 1. The third-order valence-electron chi connectivity index (χ3n) is 5.26. The number of carbonyl (C=O) groups excluding carboxylic acids is 1. The molecule has 1 fully saturated rings. The monoisotopic (exact) mass is 428 g/mol. The van der Waals surface area contributed by atoms with E-state index >= 15 is 0 Å². The molecule has 1 amide bonds. The van der Waals surface area contributed by atoms with Gasteiger partial charge in [-0.3, -0.25) is 4.79 Å². The van der Waals surface area contributed by atoms with Crippen molar-refractivity contribution in [3.63, 3.8) is 0 Å². The van der Waals surface area contributed by atoms with Crippen LogP contribution in [-0.2, 0) is 4.79 Å². The lowest BCUT2D eigenvalue weighted by atomic mass is 9.93. The second kappa shape index (κ2) is 10.6. The molecule has 0 atom stereocenters. The molecule has 0 aromatic carbocycles. The lowest BCUT2D eigenvalue weighted by Gasteiger charge is -2.32. The third kappa shape index (κ3) is 5.56. The summed E-state index contributed by atoms with van der Waals surface area (Å²) in [4.78, 5) is 25.7. The van der Waals surface area contributed by atoms with Gasteiger partial charge in [-0.05, 0) is 58.2 Å². The van der Waals surface area contributed by atoms with E-state index in [1.165, 1.54) is 16.9 Å². The molecule has 8 heteroatoms. The van der Waals surface area contributed by atoms with Crippen molar-refractivity contribution in [1.82, 2.24) is 20.2 Å². The van der Waals surface area contributed by atoms with Crippen molar-refractivity contribution in [3.05, 3.63) is 16.8 Å². The van der Waals surface area contributed by atoms with Gasteiger partial charge in [-0.2, -0.15) is 0 Å². The van der Waals surface area contributed by atoms with Crippen LogP contribution >= 0.6 is 35.5 Å². The maximum absolute atomic E-state index is 12.5. The molecule has 0 aliphatic carbocycles. The van der Waals surface area contributed by atoms with Crippen LogP contribution in [0.3, 0.4) is 0 Å². The van der Waals surface area contributed by atoms with E-state index in [4.69, 9.17) is 0 Å². The van der Waals surface area contributed by atoms with Crippen LogP contribution in [0.2, 0.25) is 0 Å². The van der Waals surface area contributed by atoms with Gasteiger partial charge in [0.1, 0.15) is 16.2 Å². The largest absolute Gasteiger partial charge is 0.343 e. The number of halogens is 1. The summed E-state index contributed by atoms with van der Waals surface area (Å²) in [5.74, 6) is 1.83. The predicted octanol–water partition coefficient (Wildman–Crippen LogP) is 4.06. The molecule has 0 unspecified atom stereocenters. The summed E-state index contributed by atoms with van der Waals surface area (Å²) in [5.41, 5.74) is 1.27. The van der Waals surface area contributed by atoms with Crippen LogP contribution in [-0.4, -0.2) is 53.2 Å². The molecule has 1 N–H and O–H groups in total. The number of aryl methyl sites for hydroxylation is 2. The lowest BCUT2D eigenvalue weighted by Crippen LogP contribution is -2.39. The lowest BCUT2D eigenvalue weighted by molar-refractivity contribution is -0.132. The van der Waals surface area contributed by atoms with Gasteiger partial charge >= 0.3 is 0 Å². The number of thioether (sulfide) groups is 1. The summed E-state index contributed by atoms with van der Waals surface area (Å²) in [6.07, 6.45) is 5.72. The second-order valence-corrected chi connectivity index (χ2v) is 9.24. The van der Waals surface area contributed by atoms with Crippen molar-refractivity contribution in [2.75, 3.05) is 32.4 Å². The third-order valence-corrected chi connectivity index (χ3v) is 7.36. The van der Waals surface area contributed by atoms with Gasteiger partial charge in [-0.1, -0.05) is 0 Å². The van der Waals surface area contributed by atoms with Crippen LogP contribution in [0.4, 0.5) is 0 Å². The standard InChI is InChI=1S/C19H28N4OS2.ClH/c1-13-14(2)26-19-17(13)18(21-12-22-19)25-11-7-16(24)23-9-5-15(6-10-23)4-8-20-3;/h12,15,20H,4-11H2,1-3H3;1H. The first kappa shape index (κ1) is 22.4. The van der Waals surface area contributed by atoms with Crippen molar-refractivity contribution in [3.8, 4) is 0 Å². The van der Waals surface area contributed by atoms with Crippen molar-refractivity contribution in [2.45, 2.75) is 44.6 Å². The van der Waals surface area contributed by atoms with E-state index < -0.39 is 0 Å². The van der Waals surface area contributed by atoms with E-state index in [-0.39, 0.29) is 18.3 Å². The highest BCUT2D eigenvalue weighted by atomic mass is 35.5. The minimum absolute atomic E-state index is 0. The predicted molar refractivity (Wildman–Crippen MR) is 117 cm³/mol. The number of carbonyl (C=O) groups is 1. The van der Waals surface area contributed by atoms with Gasteiger partial charge < -0.3 is 10.2 Å². The molecule has 3 heterocycles. The zero-order valence-corrected chi connectivity index (χ0v) is 18.7. The molecule has 1 aliphatic rings. The number of likely N-dealkylation sites (tertiary alicyclic amines) is 1. The fourth-order valence-corrected chi connectivity index (χ4v) is 5.52. The molecule has 3 rings (SSSR count). The Morgan fingerprint density at radius 3 is 2.78 bits per heavy atom. The average Bonchev–Trinajstić information content (AvgIpc) is 2.95. The summed E-state index contributed by atoms with van der Waals surface area (Å²) in [6, 6.07) is 0. The van der Waals surface area contributed by atoms with Crippen LogP contribution in [0.1, 0.15) is 36.1 Å². The number of nitrogens with zero attached hydrogens (tertiary/aromatic N) is 3. The highest BCUT2D eigenvalue weighted by Crippen LogP contribution is 2.34. The Morgan fingerprint density at radius 2 is 2.07 bits per heavy atom. The number of rotatable bonds is 7. The van der Waals surface area contributed by atoms with Gasteiger partial charge in [0.15, 0.2) is 0 Å². The number of amides is 1. The smallest absolute Gasteiger partial charge is 0.223 e. The first-order valence-corrected chi connectivity index (χ1v) is 11.2. The molecular formula is C19H29ClN4OS2. The summed E-state index contributed by atoms with van der Waals surface area (Å²) < 4.78 is 0. The molecule has 0 radical (unpaired) electrons. The quantitative estimate of drug-likeness (QED) is 0.532. The molecule has 0 bridgehead atoms. The van der Waals surface area contributed by atoms with Crippen LogP contribution in [0.5, 0.6) is 0 Å². The summed E-state index contributed by atoms with van der Waals surface area (Å²) in [6.45, 7) is 7.16. The van der Waals surface area contributed by atoms with E-state index in [1.54, 1.807) is 29.4 Å². The first-order valence-electron chi connectivity index (χ1n) is 9.36. The Labute approximate surface area is 176 Å². The molecule has 0 spiro atoms. The molecule has 2 aromatic heterocycles. The van der Waals surface area contributed by atoms with Crippen molar-refractivity contribution in [1.29, 1.82) is 0 Å².